The predicted molar refractivity (Wildman–Crippen MR) is 106 cm³/mol. The van der Waals surface area contributed by atoms with Crippen molar-refractivity contribution < 1.29 is 4.79 Å². The van der Waals surface area contributed by atoms with E-state index in [4.69, 9.17) is 17.3 Å². The van der Waals surface area contributed by atoms with Crippen molar-refractivity contribution in [2.75, 3.05) is 29.0 Å². The molecular weight excluding hydrogens is 334 g/mol. The summed E-state index contributed by atoms with van der Waals surface area (Å²) in [5.74, 6) is 0.464. The van der Waals surface area contributed by atoms with Gasteiger partial charge in [0.1, 0.15) is 0 Å². The maximum Gasteiger partial charge on any atom is 0.255 e. The number of aryl methyl sites for hydroxylation is 1. The third-order valence-electron chi connectivity index (χ3n) is 4.70. The Morgan fingerprint density at radius 1 is 1.32 bits per heavy atom. The molecule has 4 nitrogen and oxygen atoms in total. The van der Waals surface area contributed by atoms with Gasteiger partial charge in [0.25, 0.3) is 5.91 Å². The second-order valence-electron chi connectivity index (χ2n) is 6.88. The number of halogens is 1. The van der Waals surface area contributed by atoms with E-state index in [-0.39, 0.29) is 5.91 Å². The van der Waals surface area contributed by atoms with Crippen LogP contribution in [0.15, 0.2) is 36.4 Å². The summed E-state index contributed by atoms with van der Waals surface area (Å²) >= 11 is 5.97. The lowest BCUT2D eigenvalue weighted by molar-refractivity contribution is 0.102. The monoisotopic (exact) mass is 357 g/mol. The van der Waals surface area contributed by atoms with Gasteiger partial charge in [-0.15, -0.1) is 0 Å². The average molecular weight is 358 g/mol. The van der Waals surface area contributed by atoms with Crippen LogP contribution in [0.2, 0.25) is 5.02 Å². The highest BCUT2D eigenvalue weighted by Gasteiger charge is 2.19. The Hall–Kier alpha value is -2.20. The Kier molecular flexibility index (Phi) is 5.19. The van der Waals surface area contributed by atoms with Gasteiger partial charge in [0.05, 0.1) is 11.4 Å². The molecule has 1 atom stereocenters. The lowest BCUT2D eigenvalue weighted by atomic mass is 9.98. The van der Waals surface area contributed by atoms with Crippen LogP contribution in [0, 0.1) is 12.8 Å². The third-order valence-corrected chi connectivity index (χ3v) is 4.94. The predicted octanol–water partition coefficient (Wildman–Crippen LogP) is 4.72. The number of carbonyl (C=O) groups excluding carboxylic acids is 1. The Labute approximate surface area is 154 Å². The molecule has 1 fully saturated rings. The summed E-state index contributed by atoms with van der Waals surface area (Å²) < 4.78 is 0. The lowest BCUT2D eigenvalue weighted by Gasteiger charge is -2.34. The number of nitrogens with one attached hydrogen (secondary N) is 1. The summed E-state index contributed by atoms with van der Waals surface area (Å²) in [7, 11) is 0. The van der Waals surface area contributed by atoms with Crippen LogP contribution in [0.3, 0.4) is 0 Å². The van der Waals surface area contributed by atoms with Gasteiger partial charge < -0.3 is 16.0 Å². The summed E-state index contributed by atoms with van der Waals surface area (Å²) in [6.07, 6.45) is 2.46. The number of carbonyl (C=O) groups is 1. The van der Waals surface area contributed by atoms with Gasteiger partial charge in [-0.25, -0.2) is 0 Å². The lowest BCUT2D eigenvalue weighted by Crippen LogP contribution is -2.34. The molecule has 0 bridgehead atoms. The summed E-state index contributed by atoms with van der Waals surface area (Å²) in [4.78, 5) is 14.9. The van der Waals surface area contributed by atoms with Gasteiger partial charge in [-0.05, 0) is 61.6 Å². The fourth-order valence-corrected chi connectivity index (χ4v) is 3.59. The minimum Gasteiger partial charge on any atom is -0.397 e. The van der Waals surface area contributed by atoms with Crippen LogP contribution in [0.4, 0.5) is 17.1 Å². The highest BCUT2D eigenvalue weighted by Crippen LogP contribution is 2.32. The fourth-order valence-electron chi connectivity index (χ4n) is 3.40. The van der Waals surface area contributed by atoms with Crippen LogP contribution in [0.1, 0.15) is 35.7 Å². The van der Waals surface area contributed by atoms with Gasteiger partial charge >= 0.3 is 0 Å². The number of benzene rings is 2. The number of rotatable bonds is 3. The SMILES string of the molecule is Cc1cc(N)c(NC(=O)c2cccc(Cl)c2)cc1N1CCC[C@@H](C)C1. The summed E-state index contributed by atoms with van der Waals surface area (Å²) in [5, 5.41) is 3.46. The van der Waals surface area contributed by atoms with Crippen molar-refractivity contribution in [1.82, 2.24) is 0 Å². The molecule has 0 aliphatic carbocycles. The van der Waals surface area contributed by atoms with Crippen LogP contribution >= 0.6 is 11.6 Å². The molecule has 1 heterocycles. The van der Waals surface area contributed by atoms with Crippen molar-refractivity contribution in [3.05, 3.63) is 52.5 Å². The molecule has 1 aliphatic heterocycles. The largest absolute Gasteiger partial charge is 0.397 e. The standard InChI is InChI=1S/C20H24ClN3O/c1-13-5-4-8-24(12-13)19-11-18(17(22)9-14(19)2)23-20(25)15-6-3-7-16(21)10-15/h3,6-7,9-11,13H,4-5,8,12,22H2,1-2H3,(H,23,25)/t13-/m1/s1. The molecule has 0 saturated carbocycles. The molecule has 5 heteroatoms. The van der Waals surface area contributed by atoms with Gasteiger partial charge in [0.15, 0.2) is 0 Å². The molecule has 1 amide bonds. The average Bonchev–Trinajstić information content (AvgIpc) is 2.57. The van der Waals surface area contributed by atoms with Gasteiger partial charge in [-0.2, -0.15) is 0 Å². The zero-order valence-electron chi connectivity index (χ0n) is 14.7. The van der Waals surface area contributed by atoms with Gasteiger partial charge in [-0.1, -0.05) is 24.6 Å². The Balaban J connectivity index is 1.86. The zero-order chi connectivity index (χ0) is 18.0. The molecule has 25 heavy (non-hydrogen) atoms. The van der Waals surface area contributed by atoms with E-state index in [0.29, 0.717) is 27.9 Å². The molecule has 1 saturated heterocycles. The molecule has 2 aromatic rings. The molecular formula is C20H24ClN3O. The maximum atomic E-state index is 12.5. The molecule has 2 aromatic carbocycles. The van der Waals surface area contributed by atoms with Gasteiger partial charge in [0, 0.05) is 29.4 Å². The number of piperidine rings is 1. The summed E-state index contributed by atoms with van der Waals surface area (Å²) in [6.45, 7) is 6.41. The molecule has 3 N–H and O–H groups in total. The van der Waals surface area contributed by atoms with Crippen LogP contribution in [0.5, 0.6) is 0 Å². The number of amides is 1. The maximum absolute atomic E-state index is 12.5. The number of hydrogen-bond donors (Lipinski definition) is 2. The minimum atomic E-state index is -0.212. The quantitative estimate of drug-likeness (QED) is 0.781. The topological polar surface area (TPSA) is 58.4 Å². The molecule has 3 rings (SSSR count). The van der Waals surface area contributed by atoms with Gasteiger partial charge in [-0.3, -0.25) is 4.79 Å². The molecule has 1 aliphatic rings. The molecule has 0 spiro atoms. The van der Waals surface area contributed by atoms with Crippen molar-refractivity contribution in [1.29, 1.82) is 0 Å². The Bertz CT molecular complexity index is 791. The van der Waals surface area contributed by atoms with E-state index in [0.717, 1.165) is 24.3 Å². The number of nitrogen functional groups attached to an aromatic ring is 1. The number of anilines is 3. The van der Waals surface area contributed by atoms with Crippen LogP contribution < -0.4 is 16.0 Å². The Morgan fingerprint density at radius 2 is 2.12 bits per heavy atom. The zero-order valence-corrected chi connectivity index (χ0v) is 15.4. The molecule has 0 radical (unpaired) electrons. The first kappa shape index (κ1) is 17.6. The highest BCUT2D eigenvalue weighted by atomic mass is 35.5. The van der Waals surface area contributed by atoms with Gasteiger partial charge in [0.2, 0.25) is 0 Å². The van der Waals surface area contributed by atoms with E-state index >= 15 is 0 Å². The first-order chi connectivity index (χ1) is 11.9. The van der Waals surface area contributed by atoms with E-state index < -0.39 is 0 Å². The molecule has 0 aromatic heterocycles. The van der Waals surface area contributed by atoms with E-state index in [9.17, 15) is 4.79 Å². The van der Waals surface area contributed by atoms with Crippen molar-refractivity contribution >= 4 is 34.6 Å². The fraction of sp³-hybridized carbons (Fsp3) is 0.350. The van der Waals surface area contributed by atoms with Crippen LogP contribution in [0.25, 0.3) is 0 Å². The second-order valence-corrected chi connectivity index (χ2v) is 7.32. The first-order valence-corrected chi connectivity index (χ1v) is 9.04. The first-order valence-electron chi connectivity index (χ1n) is 8.66. The van der Waals surface area contributed by atoms with E-state index in [1.54, 1.807) is 24.3 Å². The summed E-state index contributed by atoms with van der Waals surface area (Å²) in [6, 6.07) is 10.8. The third kappa shape index (κ3) is 4.07. The van der Waals surface area contributed by atoms with Crippen molar-refractivity contribution in [3.8, 4) is 0 Å². The van der Waals surface area contributed by atoms with Crippen molar-refractivity contribution in [2.45, 2.75) is 26.7 Å². The normalized spacial score (nSPS) is 17.4. The minimum absolute atomic E-state index is 0.212. The molecule has 132 valence electrons. The highest BCUT2D eigenvalue weighted by molar-refractivity contribution is 6.31. The summed E-state index contributed by atoms with van der Waals surface area (Å²) in [5.41, 5.74) is 10.1. The second kappa shape index (κ2) is 7.36. The Morgan fingerprint density at radius 3 is 2.84 bits per heavy atom. The number of hydrogen-bond acceptors (Lipinski definition) is 3. The van der Waals surface area contributed by atoms with Crippen LogP contribution in [-0.2, 0) is 0 Å². The van der Waals surface area contributed by atoms with E-state index in [1.807, 2.05) is 12.1 Å². The van der Waals surface area contributed by atoms with Crippen molar-refractivity contribution in [2.24, 2.45) is 5.92 Å². The molecule has 0 unspecified atom stereocenters. The van der Waals surface area contributed by atoms with Crippen molar-refractivity contribution in [3.63, 3.8) is 0 Å². The van der Waals surface area contributed by atoms with Crippen LogP contribution in [-0.4, -0.2) is 19.0 Å². The van der Waals surface area contributed by atoms with E-state index in [1.165, 1.54) is 12.8 Å². The number of nitrogens with two attached hydrogens (primary N) is 1. The van der Waals surface area contributed by atoms with E-state index in [2.05, 4.69) is 24.1 Å². The number of nitrogens with zero attached hydrogens (tertiary/aromatic N) is 1. The smallest absolute Gasteiger partial charge is 0.255 e.